The molecule has 1 amide bonds. The molecule has 1 atom stereocenters. The van der Waals surface area contributed by atoms with Gasteiger partial charge < -0.3 is 27.0 Å². The van der Waals surface area contributed by atoms with Crippen LogP contribution in [0.3, 0.4) is 0 Å². The summed E-state index contributed by atoms with van der Waals surface area (Å²) < 4.78 is 0. The molecule has 1 spiro atoms. The first-order chi connectivity index (χ1) is 16.4. The number of rotatable bonds is 2. The van der Waals surface area contributed by atoms with E-state index in [0.717, 1.165) is 42.9 Å². The molecule has 9 nitrogen and oxygen atoms in total. The molecule has 4 heterocycles. The van der Waals surface area contributed by atoms with E-state index in [1.165, 1.54) is 22.5 Å². The zero-order chi connectivity index (χ0) is 23.4. The number of aromatic nitrogens is 3. The summed E-state index contributed by atoms with van der Waals surface area (Å²) >= 11 is 1.43. The number of hydrogen-bond donors (Lipinski definition) is 3. The average Bonchev–Trinajstić information content (AvgIpc) is 3.35. The van der Waals surface area contributed by atoms with Crippen molar-refractivity contribution in [1.82, 2.24) is 19.9 Å². The highest BCUT2D eigenvalue weighted by Gasteiger charge is 2.46. The second-order valence-corrected chi connectivity index (χ2v) is 10.7. The van der Waals surface area contributed by atoms with Crippen LogP contribution in [0.5, 0.6) is 0 Å². The van der Waals surface area contributed by atoms with E-state index in [1.807, 2.05) is 0 Å². The van der Waals surface area contributed by atoms with Crippen LogP contribution in [0.25, 0.3) is 0 Å². The van der Waals surface area contributed by atoms with Crippen molar-refractivity contribution in [3.63, 3.8) is 0 Å². The van der Waals surface area contributed by atoms with Crippen LogP contribution in [0, 0.1) is 5.41 Å². The van der Waals surface area contributed by atoms with Gasteiger partial charge in [0.15, 0.2) is 16.6 Å². The highest BCUT2D eigenvalue weighted by molar-refractivity contribution is 7.15. The van der Waals surface area contributed by atoms with E-state index in [2.05, 4.69) is 44.1 Å². The lowest BCUT2D eigenvalue weighted by Crippen LogP contribution is -2.44. The van der Waals surface area contributed by atoms with Crippen molar-refractivity contribution in [2.75, 3.05) is 36.0 Å². The summed E-state index contributed by atoms with van der Waals surface area (Å²) in [5.74, 6) is 0.674. The van der Waals surface area contributed by atoms with Crippen LogP contribution in [-0.4, -0.2) is 45.4 Å². The molecule has 176 valence electrons. The molecule has 0 unspecified atom stereocenters. The lowest BCUT2D eigenvalue weighted by Gasteiger charge is -2.42. The monoisotopic (exact) mass is 476 g/mol. The van der Waals surface area contributed by atoms with Gasteiger partial charge in [0, 0.05) is 37.0 Å². The molecular formula is C24H28N8OS. The summed E-state index contributed by atoms with van der Waals surface area (Å²) in [6, 6.07) is 8.60. The third-order valence-corrected chi connectivity index (χ3v) is 8.61. The standard InChI is InChI=1S/C24H28N8OS/c25-20-15-4-2-1-3-14(15)11-24(20)6-9-31(10-7-24)18-12-28-19(21(26)30-18)22(33)32-8-5-16-17(13-32)34-23(27)29-16/h1-4,12,20H,5-11,13,25H2,(H2,26,30)(H2,27,29)/t20-/m1/s1. The van der Waals surface area contributed by atoms with E-state index in [-0.39, 0.29) is 28.9 Å². The first-order valence-electron chi connectivity index (χ1n) is 11.7. The van der Waals surface area contributed by atoms with E-state index in [9.17, 15) is 4.79 Å². The molecule has 0 radical (unpaired) electrons. The van der Waals surface area contributed by atoms with Gasteiger partial charge >= 0.3 is 0 Å². The molecule has 6 rings (SSSR count). The smallest absolute Gasteiger partial charge is 0.276 e. The average molecular weight is 477 g/mol. The van der Waals surface area contributed by atoms with Crippen molar-refractivity contribution >= 4 is 34.0 Å². The summed E-state index contributed by atoms with van der Waals surface area (Å²) in [6.45, 7) is 2.72. The lowest BCUT2D eigenvalue weighted by atomic mass is 9.73. The minimum Gasteiger partial charge on any atom is -0.382 e. The molecule has 10 heteroatoms. The second-order valence-electron chi connectivity index (χ2n) is 9.56. The quantitative estimate of drug-likeness (QED) is 0.511. The molecule has 3 aromatic rings. The normalized spacial score (nSPS) is 20.9. The van der Waals surface area contributed by atoms with Crippen LogP contribution < -0.4 is 22.1 Å². The maximum absolute atomic E-state index is 13.1. The SMILES string of the molecule is Nc1nc2c(s1)CN(C(=O)c1ncc(N3CCC4(CC3)Cc3ccccc3[C@H]4N)nc1N)CC2. The zero-order valence-corrected chi connectivity index (χ0v) is 19.7. The molecule has 2 aromatic heterocycles. The van der Waals surface area contributed by atoms with Crippen molar-refractivity contribution in [2.45, 2.75) is 38.3 Å². The number of piperidine rings is 1. The van der Waals surface area contributed by atoms with Gasteiger partial charge in [-0.05, 0) is 35.8 Å². The summed E-state index contributed by atoms with van der Waals surface area (Å²) in [6.07, 6.45) is 5.35. The van der Waals surface area contributed by atoms with Gasteiger partial charge in [-0.2, -0.15) is 0 Å². The van der Waals surface area contributed by atoms with Gasteiger partial charge in [-0.3, -0.25) is 4.79 Å². The molecule has 34 heavy (non-hydrogen) atoms. The number of carbonyl (C=O) groups excluding carboxylic acids is 1. The Hall–Kier alpha value is -3.24. The summed E-state index contributed by atoms with van der Waals surface area (Å²) in [7, 11) is 0. The zero-order valence-electron chi connectivity index (χ0n) is 18.9. The number of hydrogen-bond acceptors (Lipinski definition) is 9. The topological polar surface area (TPSA) is 140 Å². The van der Waals surface area contributed by atoms with Crippen molar-refractivity contribution in [1.29, 1.82) is 0 Å². The van der Waals surface area contributed by atoms with E-state index in [1.54, 1.807) is 11.1 Å². The molecule has 3 aliphatic rings. The number of benzene rings is 1. The van der Waals surface area contributed by atoms with Crippen molar-refractivity contribution in [2.24, 2.45) is 11.1 Å². The van der Waals surface area contributed by atoms with Crippen molar-refractivity contribution < 1.29 is 4.79 Å². The predicted octanol–water partition coefficient (Wildman–Crippen LogP) is 2.14. The minimum atomic E-state index is -0.207. The van der Waals surface area contributed by atoms with Gasteiger partial charge in [0.1, 0.15) is 5.82 Å². The Morgan fingerprint density at radius 2 is 1.91 bits per heavy atom. The van der Waals surface area contributed by atoms with Crippen LogP contribution in [0.4, 0.5) is 16.8 Å². The fourth-order valence-electron chi connectivity index (χ4n) is 5.74. The van der Waals surface area contributed by atoms with Gasteiger partial charge in [0.2, 0.25) is 0 Å². The molecular weight excluding hydrogens is 448 g/mol. The van der Waals surface area contributed by atoms with E-state index in [0.29, 0.717) is 30.5 Å². The minimum absolute atomic E-state index is 0.0703. The van der Waals surface area contributed by atoms with Gasteiger partial charge in [-0.1, -0.05) is 24.3 Å². The lowest BCUT2D eigenvalue weighted by molar-refractivity contribution is 0.0731. The fourth-order valence-corrected chi connectivity index (χ4v) is 6.63. The number of nitrogens with zero attached hydrogens (tertiary/aromatic N) is 5. The molecule has 0 bridgehead atoms. The molecule has 0 saturated carbocycles. The van der Waals surface area contributed by atoms with Gasteiger partial charge in [0.05, 0.1) is 18.4 Å². The Labute approximate surface area is 202 Å². The molecule has 1 aliphatic carbocycles. The van der Waals surface area contributed by atoms with Crippen LogP contribution in [0.15, 0.2) is 30.5 Å². The molecule has 6 N–H and O–H groups in total. The van der Waals surface area contributed by atoms with E-state index in [4.69, 9.17) is 17.2 Å². The van der Waals surface area contributed by atoms with Crippen molar-refractivity contribution in [3.8, 4) is 0 Å². The Bertz CT molecular complexity index is 1270. The summed E-state index contributed by atoms with van der Waals surface area (Å²) in [5.41, 5.74) is 22.7. The largest absolute Gasteiger partial charge is 0.382 e. The van der Waals surface area contributed by atoms with Crippen LogP contribution in [0.2, 0.25) is 0 Å². The number of carbonyl (C=O) groups is 1. The van der Waals surface area contributed by atoms with Gasteiger partial charge in [-0.15, -0.1) is 11.3 Å². The highest BCUT2D eigenvalue weighted by atomic mass is 32.1. The first kappa shape index (κ1) is 21.3. The Balaban J connectivity index is 1.14. The molecule has 2 aliphatic heterocycles. The molecule has 1 aromatic carbocycles. The third kappa shape index (κ3) is 3.40. The van der Waals surface area contributed by atoms with Crippen LogP contribution in [-0.2, 0) is 19.4 Å². The Morgan fingerprint density at radius 1 is 1.12 bits per heavy atom. The summed E-state index contributed by atoms with van der Waals surface area (Å²) in [4.78, 5) is 31.4. The van der Waals surface area contributed by atoms with Gasteiger partial charge in [-0.25, -0.2) is 15.0 Å². The number of thiazole rings is 1. The molecule has 1 saturated heterocycles. The fraction of sp³-hybridized carbons (Fsp3) is 0.417. The Morgan fingerprint density at radius 3 is 2.68 bits per heavy atom. The number of anilines is 3. The predicted molar refractivity (Wildman–Crippen MR) is 132 cm³/mol. The maximum atomic E-state index is 13.1. The van der Waals surface area contributed by atoms with Gasteiger partial charge in [0.25, 0.3) is 5.91 Å². The number of amides is 1. The van der Waals surface area contributed by atoms with E-state index < -0.39 is 0 Å². The second kappa shape index (κ2) is 7.92. The summed E-state index contributed by atoms with van der Waals surface area (Å²) in [5, 5.41) is 0.536. The maximum Gasteiger partial charge on any atom is 0.276 e. The third-order valence-electron chi connectivity index (χ3n) is 7.70. The van der Waals surface area contributed by atoms with Crippen molar-refractivity contribution in [3.05, 3.63) is 57.9 Å². The highest BCUT2D eigenvalue weighted by Crippen LogP contribution is 2.50. The first-order valence-corrected chi connectivity index (χ1v) is 12.5. The van der Waals surface area contributed by atoms with Crippen LogP contribution >= 0.6 is 11.3 Å². The van der Waals surface area contributed by atoms with Crippen LogP contribution in [0.1, 0.15) is 51.1 Å². The molecule has 1 fully saturated rings. The number of nitrogens with two attached hydrogens (primary N) is 3. The van der Waals surface area contributed by atoms with E-state index >= 15 is 0 Å². The number of nitrogen functional groups attached to an aromatic ring is 2. The Kier molecular flexibility index (Phi) is 4.96. The number of fused-ring (bicyclic) bond motifs is 2.